The van der Waals surface area contributed by atoms with Crippen LogP contribution in [0.25, 0.3) is 10.2 Å². The molecule has 1 heterocycles. The zero-order valence-electron chi connectivity index (χ0n) is 10.2. The molecule has 0 bridgehead atoms. The molecule has 0 aliphatic heterocycles. The van der Waals surface area contributed by atoms with Crippen molar-refractivity contribution in [2.45, 2.75) is 0 Å². The van der Waals surface area contributed by atoms with Gasteiger partial charge in [0, 0.05) is 17.7 Å². The van der Waals surface area contributed by atoms with Crippen molar-refractivity contribution in [2.24, 2.45) is 0 Å². The average Bonchev–Trinajstić information content (AvgIpc) is 2.88. The van der Waals surface area contributed by atoms with Crippen LogP contribution in [-0.2, 0) is 0 Å². The summed E-state index contributed by atoms with van der Waals surface area (Å²) >= 11 is 1.36. The number of rotatable bonds is 1. The summed E-state index contributed by atoms with van der Waals surface area (Å²) in [6, 6.07) is 14.3. The molecule has 0 saturated carbocycles. The summed E-state index contributed by atoms with van der Waals surface area (Å²) in [5, 5.41) is 11.4. The first-order chi connectivity index (χ1) is 9.72. The molecule has 0 saturated heterocycles. The zero-order chi connectivity index (χ0) is 13.9. The monoisotopic (exact) mass is 280 g/mol. The van der Waals surface area contributed by atoms with Gasteiger partial charge in [0.25, 0.3) is 5.69 Å². The van der Waals surface area contributed by atoms with E-state index in [-0.39, 0.29) is 5.69 Å². The Kier molecular flexibility index (Phi) is 3.15. The number of nitrogens with zero attached hydrogens (tertiary/aromatic N) is 2. The van der Waals surface area contributed by atoms with Gasteiger partial charge in [-0.3, -0.25) is 10.1 Å². The number of hydrogen-bond acceptors (Lipinski definition) is 4. The molecule has 1 aromatic heterocycles. The van der Waals surface area contributed by atoms with Crippen LogP contribution in [0.2, 0.25) is 0 Å². The highest BCUT2D eigenvalue weighted by Crippen LogP contribution is 2.25. The van der Waals surface area contributed by atoms with E-state index < -0.39 is 4.92 Å². The topological polar surface area (TPSA) is 56.0 Å². The molecule has 0 spiro atoms. The summed E-state index contributed by atoms with van der Waals surface area (Å²) in [5.74, 6) is 6.01. The second kappa shape index (κ2) is 5.11. The van der Waals surface area contributed by atoms with Crippen molar-refractivity contribution in [3.05, 3.63) is 69.2 Å². The molecule has 3 aromatic rings. The molecule has 96 valence electrons. The van der Waals surface area contributed by atoms with Crippen LogP contribution in [0.1, 0.15) is 10.6 Å². The van der Waals surface area contributed by atoms with Crippen LogP contribution < -0.4 is 0 Å². The lowest BCUT2D eigenvalue weighted by Crippen LogP contribution is -1.85. The van der Waals surface area contributed by atoms with E-state index in [4.69, 9.17) is 0 Å². The lowest BCUT2D eigenvalue weighted by Gasteiger charge is -1.88. The number of fused-ring (bicyclic) bond motifs is 1. The van der Waals surface area contributed by atoms with Gasteiger partial charge in [-0.15, -0.1) is 11.3 Å². The summed E-state index contributed by atoms with van der Waals surface area (Å²) < 4.78 is 0.775. The van der Waals surface area contributed by atoms with Crippen molar-refractivity contribution < 1.29 is 4.92 Å². The van der Waals surface area contributed by atoms with Gasteiger partial charge < -0.3 is 0 Å². The number of nitro benzene ring substituents is 1. The van der Waals surface area contributed by atoms with Crippen molar-refractivity contribution in [1.82, 2.24) is 4.98 Å². The average molecular weight is 280 g/mol. The van der Waals surface area contributed by atoms with Gasteiger partial charge in [-0.1, -0.05) is 24.1 Å². The first-order valence-corrected chi connectivity index (χ1v) is 6.66. The number of non-ortho nitro benzene ring substituents is 1. The van der Waals surface area contributed by atoms with Gasteiger partial charge in [0.1, 0.15) is 0 Å². The lowest BCUT2D eigenvalue weighted by atomic mass is 10.2. The molecule has 0 unspecified atom stereocenters. The predicted octanol–water partition coefficient (Wildman–Crippen LogP) is 3.60. The Morgan fingerprint density at radius 2 is 1.90 bits per heavy atom. The van der Waals surface area contributed by atoms with Crippen LogP contribution in [-0.4, -0.2) is 9.91 Å². The molecule has 0 N–H and O–H groups in total. The highest BCUT2D eigenvalue weighted by molar-refractivity contribution is 7.19. The van der Waals surface area contributed by atoms with Crippen LogP contribution in [0, 0.1) is 22.0 Å². The molecule has 5 heteroatoms. The molecule has 20 heavy (non-hydrogen) atoms. The third-order valence-corrected chi connectivity index (χ3v) is 3.60. The van der Waals surface area contributed by atoms with E-state index >= 15 is 0 Å². The summed E-state index contributed by atoms with van der Waals surface area (Å²) in [7, 11) is 0. The zero-order valence-corrected chi connectivity index (χ0v) is 11.1. The maximum absolute atomic E-state index is 10.7. The summed E-state index contributed by atoms with van der Waals surface area (Å²) in [6.45, 7) is 0. The number of nitro groups is 1. The number of thiazole rings is 1. The number of hydrogen-bond donors (Lipinski definition) is 0. The molecular formula is C15H8N2O2S. The third kappa shape index (κ3) is 2.51. The van der Waals surface area contributed by atoms with E-state index in [9.17, 15) is 10.1 Å². The van der Waals surface area contributed by atoms with Gasteiger partial charge in [-0.25, -0.2) is 4.98 Å². The Morgan fingerprint density at radius 1 is 1.10 bits per heavy atom. The minimum atomic E-state index is -0.408. The van der Waals surface area contributed by atoms with Gasteiger partial charge in [-0.2, -0.15) is 0 Å². The van der Waals surface area contributed by atoms with Gasteiger partial charge in [0.05, 0.1) is 15.1 Å². The first kappa shape index (κ1) is 12.3. The molecule has 0 aliphatic rings. The summed E-state index contributed by atoms with van der Waals surface area (Å²) in [4.78, 5) is 14.7. The van der Waals surface area contributed by atoms with E-state index in [2.05, 4.69) is 16.8 Å². The van der Waals surface area contributed by atoms with Gasteiger partial charge in [0.2, 0.25) is 0 Å². The molecular weight excluding hydrogens is 272 g/mol. The highest BCUT2D eigenvalue weighted by atomic mass is 32.1. The van der Waals surface area contributed by atoms with E-state index in [1.807, 2.05) is 30.3 Å². The maximum Gasteiger partial charge on any atom is 0.270 e. The molecule has 4 nitrogen and oxygen atoms in total. The molecule has 0 amide bonds. The van der Waals surface area contributed by atoms with Crippen LogP contribution in [0.15, 0.2) is 48.5 Å². The molecule has 2 aromatic carbocycles. The van der Waals surface area contributed by atoms with Crippen molar-refractivity contribution in [3.63, 3.8) is 0 Å². The predicted molar refractivity (Wildman–Crippen MR) is 78.7 cm³/mol. The number of aromatic nitrogens is 1. The fraction of sp³-hybridized carbons (Fsp3) is 0. The first-order valence-electron chi connectivity index (χ1n) is 5.84. The quantitative estimate of drug-likeness (QED) is 0.389. The second-order valence-corrected chi connectivity index (χ2v) is 5.07. The van der Waals surface area contributed by atoms with E-state index in [0.29, 0.717) is 5.01 Å². The van der Waals surface area contributed by atoms with Gasteiger partial charge >= 0.3 is 0 Å². The minimum Gasteiger partial charge on any atom is -0.258 e. The van der Waals surface area contributed by atoms with E-state index in [1.54, 1.807) is 6.07 Å². The molecule has 0 fully saturated rings. The Morgan fingerprint density at radius 3 is 2.65 bits per heavy atom. The molecule has 0 radical (unpaired) electrons. The van der Waals surface area contributed by atoms with Crippen LogP contribution in [0.5, 0.6) is 0 Å². The maximum atomic E-state index is 10.7. The Hall–Kier alpha value is -2.71. The van der Waals surface area contributed by atoms with Gasteiger partial charge in [0.15, 0.2) is 5.01 Å². The normalized spacial score (nSPS) is 10.0. The van der Waals surface area contributed by atoms with Crippen LogP contribution in [0.3, 0.4) is 0 Å². The SMILES string of the molecule is O=[N+]([O-])c1ccc2nc(C#Cc3ccccc3)sc2c1. The Bertz CT molecular complexity index is 844. The minimum absolute atomic E-state index is 0.0729. The van der Waals surface area contributed by atoms with Crippen LogP contribution >= 0.6 is 11.3 Å². The van der Waals surface area contributed by atoms with E-state index in [0.717, 1.165) is 15.8 Å². The smallest absolute Gasteiger partial charge is 0.258 e. The van der Waals surface area contributed by atoms with Crippen molar-refractivity contribution in [1.29, 1.82) is 0 Å². The van der Waals surface area contributed by atoms with Gasteiger partial charge in [-0.05, 0) is 24.1 Å². The summed E-state index contributed by atoms with van der Waals surface area (Å²) in [5.41, 5.74) is 1.72. The molecule has 3 rings (SSSR count). The fourth-order valence-corrected chi connectivity index (χ4v) is 2.58. The Balaban J connectivity index is 1.98. The largest absolute Gasteiger partial charge is 0.270 e. The lowest BCUT2D eigenvalue weighted by molar-refractivity contribution is -0.384. The summed E-state index contributed by atoms with van der Waals surface area (Å²) in [6.07, 6.45) is 0. The van der Waals surface area contributed by atoms with E-state index in [1.165, 1.54) is 23.5 Å². The fourth-order valence-electron chi connectivity index (χ4n) is 1.73. The molecule has 0 aliphatic carbocycles. The van der Waals surface area contributed by atoms with Crippen molar-refractivity contribution >= 4 is 27.2 Å². The second-order valence-electron chi connectivity index (χ2n) is 4.04. The van der Waals surface area contributed by atoms with Crippen molar-refractivity contribution in [2.75, 3.05) is 0 Å². The number of benzene rings is 2. The third-order valence-electron chi connectivity index (χ3n) is 2.67. The Labute approximate surface area is 118 Å². The van der Waals surface area contributed by atoms with Crippen molar-refractivity contribution in [3.8, 4) is 11.8 Å². The standard InChI is InChI=1S/C15H8N2O2S/c18-17(19)12-7-8-13-14(10-12)20-15(16-13)9-6-11-4-2-1-3-5-11/h1-5,7-8,10H. The highest BCUT2D eigenvalue weighted by Gasteiger charge is 2.09. The molecule has 0 atom stereocenters. The van der Waals surface area contributed by atoms with Crippen LogP contribution in [0.4, 0.5) is 5.69 Å².